The number of hydrogen-bond donors (Lipinski definition) is 3. The zero-order chi connectivity index (χ0) is 20.9. The molecule has 0 aliphatic rings. The fourth-order valence-electron chi connectivity index (χ4n) is 2.27. The van der Waals surface area contributed by atoms with E-state index in [0.29, 0.717) is 5.69 Å². The van der Waals surface area contributed by atoms with Crippen LogP contribution < -0.4 is 20.1 Å². The van der Waals surface area contributed by atoms with Crippen LogP contribution in [0.25, 0.3) is 0 Å². The van der Waals surface area contributed by atoms with Gasteiger partial charge in [-0.2, -0.15) is 4.72 Å². The lowest BCUT2D eigenvalue weighted by molar-refractivity contribution is -0.117. The number of anilines is 2. The lowest BCUT2D eigenvalue weighted by Gasteiger charge is -2.15. The van der Waals surface area contributed by atoms with Crippen LogP contribution in [0.2, 0.25) is 0 Å². The minimum atomic E-state index is -3.98. The van der Waals surface area contributed by atoms with Gasteiger partial charge in [-0.15, -0.1) is 0 Å². The second kappa shape index (κ2) is 8.81. The summed E-state index contributed by atoms with van der Waals surface area (Å²) < 4.78 is 45.6. The number of halogens is 1. The maximum absolute atomic E-state index is 13.7. The summed E-state index contributed by atoms with van der Waals surface area (Å²) in [5, 5.41) is 4.95. The van der Waals surface area contributed by atoms with Crippen molar-refractivity contribution in [1.82, 2.24) is 4.72 Å². The molecule has 0 aromatic heterocycles. The van der Waals surface area contributed by atoms with Gasteiger partial charge in [0.25, 0.3) is 0 Å². The van der Waals surface area contributed by atoms with E-state index in [1.165, 1.54) is 57.4 Å². The van der Waals surface area contributed by atoms with Crippen molar-refractivity contribution >= 4 is 33.2 Å². The Morgan fingerprint density at radius 2 is 1.64 bits per heavy atom. The van der Waals surface area contributed by atoms with Crippen LogP contribution in [0.15, 0.2) is 47.4 Å². The zero-order valence-electron chi connectivity index (χ0n) is 15.4. The van der Waals surface area contributed by atoms with Gasteiger partial charge in [-0.1, -0.05) is 0 Å². The smallest absolute Gasteiger partial charge is 0.242 e. The molecule has 0 heterocycles. The first-order valence-corrected chi connectivity index (χ1v) is 9.65. The number of methoxy groups -OCH3 is 1. The van der Waals surface area contributed by atoms with E-state index in [2.05, 4.69) is 15.4 Å². The molecule has 150 valence electrons. The largest absolute Gasteiger partial charge is 0.494 e. The summed E-state index contributed by atoms with van der Waals surface area (Å²) >= 11 is 0. The summed E-state index contributed by atoms with van der Waals surface area (Å²) in [6.45, 7) is 2.69. The first-order valence-electron chi connectivity index (χ1n) is 8.17. The molecule has 2 aromatic rings. The molecule has 2 rings (SSSR count). The molecule has 10 heteroatoms. The molecule has 3 N–H and O–H groups in total. The number of amides is 2. The average molecular weight is 409 g/mol. The molecule has 0 saturated heterocycles. The first kappa shape index (κ1) is 21.3. The highest BCUT2D eigenvalue weighted by atomic mass is 32.2. The summed E-state index contributed by atoms with van der Waals surface area (Å²) in [7, 11) is -2.66. The Labute approximate surface area is 162 Å². The van der Waals surface area contributed by atoms with Crippen LogP contribution in [-0.2, 0) is 19.6 Å². The van der Waals surface area contributed by atoms with Crippen LogP contribution in [0, 0.1) is 5.82 Å². The third-order valence-electron chi connectivity index (χ3n) is 3.63. The van der Waals surface area contributed by atoms with Gasteiger partial charge in [0.2, 0.25) is 21.8 Å². The topological polar surface area (TPSA) is 114 Å². The summed E-state index contributed by atoms with van der Waals surface area (Å²) in [5.41, 5.74) is 0.604. The van der Waals surface area contributed by atoms with Crippen LogP contribution in [0.1, 0.15) is 13.8 Å². The van der Waals surface area contributed by atoms with E-state index in [9.17, 15) is 22.4 Å². The molecular weight excluding hydrogens is 389 g/mol. The van der Waals surface area contributed by atoms with Crippen molar-refractivity contribution in [3.63, 3.8) is 0 Å². The zero-order valence-corrected chi connectivity index (χ0v) is 16.3. The van der Waals surface area contributed by atoms with Gasteiger partial charge in [-0.05, 0) is 43.3 Å². The van der Waals surface area contributed by atoms with Crippen LogP contribution >= 0.6 is 0 Å². The molecule has 0 unspecified atom stereocenters. The summed E-state index contributed by atoms with van der Waals surface area (Å²) in [4.78, 5) is 23.2. The maximum atomic E-state index is 13.7. The molecule has 0 fully saturated rings. The van der Waals surface area contributed by atoms with Gasteiger partial charge in [0, 0.05) is 24.4 Å². The van der Waals surface area contributed by atoms with Gasteiger partial charge in [0.15, 0.2) is 11.6 Å². The number of benzene rings is 2. The second-order valence-electron chi connectivity index (χ2n) is 5.89. The number of hydrogen-bond acceptors (Lipinski definition) is 5. The second-order valence-corrected chi connectivity index (χ2v) is 7.60. The number of carbonyl (C=O) groups is 2. The third-order valence-corrected chi connectivity index (χ3v) is 5.19. The minimum Gasteiger partial charge on any atom is -0.494 e. The summed E-state index contributed by atoms with van der Waals surface area (Å²) in [6, 6.07) is 8.19. The van der Waals surface area contributed by atoms with E-state index >= 15 is 0 Å². The van der Waals surface area contributed by atoms with Gasteiger partial charge in [-0.25, -0.2) is 12.8 Å². The maximum Gasteiger partial charge on any atom is 0.242 e. The Balaban J connectivity index is 2.05. The predicted molar refractivity (Wildman–Crippen MR) is 102 cm³/mol. The highest BCUT2D eigenvalue weighted by Gasteiger charge is 2.22. The van der Waals surface area contributed by atoms with Crippen LogP contribution in [0.3, 0.4) is 0 Å². The van der Waals surface area contributed by atoms with Crippen LogP contribution in [-0.4, -0.2) is 33.4 Å². The average Bonchev–Trinajstić information content (AvgIpc) is 2.61. The number of ether oxygens (including phenoxy) is 1. The van der Waals surface area contributed by atoms with Gasteiger partial charge >= 0.3 is 0 Å². The molecule has 0 bridgehead atoms. The van der Waals surface area contributed by atoms with Gasteiger partial charge in [0.1, 0.15) is 0 Å². The van der Waals surface area contributed by atoms with Crippen molar-refractivity contribution in [2.75, 3.05) is 17.7 Å². The molecular formula is C18H20FN3O5S. The fourth-order valence-corrected chi connectivity index (χ4v) is 3.47. The Kier molecular flexibility index (Phi) is 6.71. The van der Waals surface area contributed by atoms with E-state index in [4.69, 9.17) is 4.74 Å². The molecule has 28 heavy (non-hydrogen) atoms. The molecule has 0 saturated carbocycles. The SMILES string of the molecule is COc1ccc(NC(=O)[C@H](C)NS(=O)(=O)c2ccc(NC(C)=O)cc2)cc1F. The van der Waals surface area contributed by atoms with Crippen molar-refractivity contribution in [2.45, 2.75) is 24.8 Å². The molecule has 8 nitrogen and oxygen atoms in total. The molecule has 0 aliphatic heterocycles. The Morgan fingerprint density at radius 1 is 1.04 bits per heavy atom. The number of carbonyl (C=O) groups excluding carboxylic acids is 2. The number of nitrogens with one attached hydrogen (secondary N) is 3. The van der Waals surface area contributed by atoms with E-state index in [1.807, 2.05) is 0 Å². The molecule has 2 aromatic carbocycles. The van der Waals surface area contributed by atoms with Crippen molar-refractivity contribution in [2.24, 2.45) is 0 Å². The highest BCUT2D eigenvalue weighted by Crippen LogP contribution is 2.21. The standard InChI is InChI=1S/C18H20FN3O5S/c1-11(18(24)21-14-6-9-17(27-3)16(19)10-14)22-28(25,26)15-7-4-13(5-8-15)20-12(2)23/h4-11,22H,1-3H3,(H,20,23)(H,21,24)/t11-/m0/s1. The van der Waals surface area contributed by atoms with Gasteiger partial charge in [0.05, 0.1) is 18.0 Å². The minimum absolute atomic E-state index is 0.0226. The van der Waals surface area contributed by atoms with Crippen molar-refractivity contribution < 1.29 is 27.1 Å². The summed E-state index contributed by atoms with van der Waals surface area (Å²) in [6.07, 6.45) is 0. The van der Waals surface area contributed by atoms with E-state index in [-0.39, 0.29) is 22.2 Å². The van der Waals surface area contributed by atoms with Gasteiger partial charge < -0.3 is 15.4 Å². The summed E-state index contributed by atoms with van der Waals surface area (Å²) in [5.74, 6) is -1.58. The lowest BCUT2D eigenvalue weighted by Crippen LogP contribution is -2.41. The third kappa shape index (κ3) is 5.51. The Hall–Kier alpha value is -2.98. The van der Waals surface area contributed by atoms with Gasteiger partial charge in [-0.3, -0.25) is 9.59 Å². The normalized spacial score (nSPS) is 12.1. The predicted octanol–water partition coefficient (Wildman–Crippen LogP) is 2.10. The Morgan fingerprint density at radius 3 is 2.18 bits per heavy atom. The molecule has 1 atom stereocenters. The quantitative estimate of drug-likeness (QED) is 0.648. The lowest BCUT2D eigenvalue weighted by atomic mass is 10.2. The Bertz CT molecular complexity index is 977. The van der Waals surface area contributed by atoms with E-state index < -0.39 is 27.8 Å². The molecule has 0 radical (unpaired) electrons. The fraction of sp³-hybridized carbons (Fsp3) is 0.222. The molecule has 0 aliphatic carbocycles. The molecule has 0 spiro atoms. The number of rotatable bonds is 7. The highest BCUT2D eigenvalue weighted by molar-refractivity contribution is 7.89. The first-order chi connectivity index (χ1) is 13.1. The van der Waals surface area contributed by atoms with Crippen LogP contribution in [0.4, 0.5) is 15.8 Å². The van der Waals surface area contributed by atoms with Crippen molar-refractivity contribution in [3.05, 3.63) is 48.3 Å². The van der Waals surface area contributed by atoms with Crippen molar-refractivity contribution in [3.8, 4) is 5.75 Å². The molecule has 2 amide bonds. The monoisotopic (exact) mass is 409 g/mol. The van der Waals surface area contributed by atoms with Crippen LogP contribution in [0.5, 0.6) is 5.75 Å². The van der Waals surface area contributed by atoms with Crippen molar-refractivity contribution in [1.29, 1.82) is 0 Å². The van der Waals surface area contributed by atoms with E-state index in [1.54, 1.807) is 0 Å². The number of sulfonamides is 1. The van der Waals surface area contributed by atoms with E-state index in [0.717, 1.165) is 6.07 Å².